The van der Waals surface area contributed by atoms with Gasteiger partial charge in [0.1, 0.15) is 0 Å². The van der Waals surface area contributed by atoms with Crippen molar-refractivity contribution in [2.45, 2.75) is 70.5 Å². The van der Waals surface area contributed by atoms with Crippen molar-refractivity contribution in [1.29, 1.82) is 0 Å². The number of hydrogen-bond donors (Lipinski definition) is 1. The molecule has 1 saturated carbocycles. The lowest BCUT2D eigenvalue weighted by Crippen LogP contribution is -2.43. The van der Waals surface area contributed by atoms with E-state index in [0.29, 0.717) is 0 Å². The molecule has 0 radical (unpaired) electrons. The third-order valence-electron chi connectivity index (χ3n) is 3.62. The van der Waals surface area contributed by atoms with Gasteiger partial charge < -0.3 is 10.5 Å². The Morgan fingerprint density at radius 2 is 1.83 bits per heavy atom. The van der Waals surface area contributed by atoms with Gasteiger partial charge in [-0.2, -0.15) is 0 Å². The standard InChI is InChI=1S/C13H27NO3S/c1-9(2)17-12-5-6-13(14)11(7-12)8-18(15,16)10(3)4/h9-13H,5-8,14H2,1-4H3. The molecule has 0 aromatic heterocycles. The molecule has 0 amide bonds. The van der Waals surface area contributed by atoms with Gasteiger partial charge in [0.05, 0.1) is 23.2 Å². The minimum absolute atomic E-state index is 0.00876. The second kappa shape index (κ2) is 6.35. The smallest absolute Gasteiger partial charge is 0.152 e. The first-order valence-electron chi connectivity index (χ1n) is 6.85. The first-order valence-corrected chi connectivity index (χ1v) is 8.56. The predicted octanol–water partition coefficient (Wildman–Crippen LogP) is 1.73. The molecule has 1 rings (SSSR count). The number of sulfone groups is 1. The lowest BCUT2D eigenvalue weighted by Gasteiger charge is -2.35. The van der Waals surface area contributed by atoms with Crippen molar-refractivity contribution in [3.63, 3.8) is 0 Å². The van der Waals surface area contributed by atoms with Crippen molar-refractivity contribution in [3.05, 3.63) is 0 Å². The summed E-state index contributed by atoms with van der Waals surface area (Å²) in [6, 6.07) is -0.00876. The summed E-state index contributed by atoms with van der Waals surface area (Å²) >= 11 is 0. The summed E-state index contributed by atoms with van der Waals surface area (Å²) < 4.78 is 29.7. The Morgan fingerprint density at radius 1 is 1.22 bits per heavy atom. The molecule has 0 saturated heterocycles. The van der Waals surface area contributed by atoms with E-state index in [9.17, 15) is 8.42 Å². The molecule has 0 heterocycles. The van der Waals surface area contributed by atoms with Crippen LogP contribution >= 0.6 is 0 Å². The molecule has 18 heavy (non-hydrogen) atoms. The van der Waals surface area contributed by atoms with Gasteiger partial charge in [-0.25, -0.2) is 8.42 Å². The van der Waals surface area contributed by atoms with Gasteiger partial charge in [-0.1, -0.05) is 0 Å². The summed E-state index contributed by atoms with van der Waals surface area (Å²) in [6.07, 6.45) is 2.92. The van der Waals surface area contributed by atoms with E-state index in [-0.39, 0.29) is 35.2 Å². The van der Waals surface area contributed by atoms with Gasteiger partial charge >= 0.3 is 0 Å². The zero-order valence-corrected chi connectivity index (χ0v) is 12.7. The average Bonchev–Trinajstić information content (AvgIpc) is 2.21. The molecule has 1 aliphatic carbocycles. The van der Waals surface area contributed by atoms with Crippen molar-refractivity contribution >= 4 is 9.84 Å². The molecule has 108 valence electrons. The number of ether oxygens (including phenoxy) is 1. The van der Waals surface area contributed by atoms with Gasteiger partial charge in [0.2, 0.25) is 0 Å². The topological polar surface area (TPSA) is 69.4 Å². The summed E-state index contributed by atoms with van der Waals surface area (Å²) in [5, 5.41) is -0.323. The van der Waals surface area contributed by atoms with Crippen LogP contribution in [0.25, 0.3) is 0 Å². The highest BCUT2D eigenvalue weighted by Gasteiger charge is 2.33. The number of hydrogen-bond acceptors (Lipinski definition) is 4. The van der Waals surface area contributed by atoms with Crippen LogP contribution in [0.3, 0.4) is 0 Å². The van der Waals surface area contributed by atoms with E-state index in [4.69, 9.17) is 10.5 Å². The predicted molar refractivity (Wildman–Crippen MR) is 74.2 cm³/mol. The largest absolute Gasteiger partial charge is 0.376 e. The van der Waals surface area contributed by atoms with E-state index in [1.165, 1.54) is 0 Å². The zero-order chi connectivity index (χ0) is 13.9. The molecule has 0 spiro atoms. The Labute approximate surface area is 111 Å². The van der Waals surface area contributed by atoms with E-state index in [2.05, 4.69) is 0 Å². The molecule has 4 nitrogen and oxygen atoms in total. The number of rotatable bonds is 5. The van der Waals surface area contributed by atoms with Gasteiger partial charge in [0, 0.05) is 6.04 Å². The summed E-state index contributed by atoms with van der Waals surface area (Å²) in [7, 11) is -3.02. The minimum Gasteiger partial charge on any atom is -0.376 e. The molecule has 1 aliphatic rings. The second-order valence-corrected chi connectivity index (χ2v) is 8.52. The maximum Gasteiger partial charge on any atom is 0.152 e. The molecule has 5 heteroatoms. The molecule has 0 bridgehead atoms. The first kappa shape index (κ1) is 15.9. The fourth-order valence-corrected chi connectivity index (χ4v) is 3.80. The Morgan fingerprint density at radius 3 is 2.33 bits per heavy atom. The van der Waals surface area contributed by atoms with E-state index < -0.39 is 9.84 Å². The zero-order valence-electron chi connectivity index (χ0n) is 11.9. The monoisotopic (exact) mass is 277 g/mol. The average molecular weight is 277 g/mol. The van der Waals surface area contributed by atoms with E-state index in [1.54, 1.807) is 13.8 Å². The van der Waals surface area contributed by atoms with Crippen molar-refractivity contribution < 1.29 is 13.2 Å². The normalized spacial score (nSPS) is 30.1. The van der Waals surface area contributed by atoms with Gasteiger partial charge in [-0.15, -0.1) is 0 Å². The van der Waals surface area contributed by atoms with Crippen molar-refractivity contribution in [3.8, 4) is 0 Å². The van der Waals surface area contributed by atoms with Crippen LogP contribution in [0.2, 0.25) is 0 Å². The van der Waals surface area contributed by atoms with Crippen molar-refractivity contribution in [2.24, 2.45) is 11.7 Å². The summed E-state index contributed by atoms with van der Waals surface area (Å²) in [4.78, 5) is 0. The SMILES string of the molecule is CC(C)OC1CCC(N)C(CS(=O)(=O)C(C)C)C1. The van der Waals surface area contributed by atoms with Crippen LogP contribution < -0.4 is 5.73 Å². The summed E-state index contributed by atoms with van der Waals surface area (Å²) in [5.74, 6) is 0.235. The highest BCUT2D eigenvalue weighted by atomic mass is 32.2. The Bertz CT molecular complexity index is 351. The van der Waals surface area contributed by atoms with Gasteiger partial charge in [0.25, 0.3) is 0 Å². The van der Waals surface area contributed by atoms with Crippen LogP contribution in [0.15, 0.2) is 0 Å². The van der Waals surface area contributed by atoms with Crippen LogP contribution in [0.4, 0.5) is 0 Å². The molecule has 2 N–H and O–H groups in total. The molecule has 0 aliphatic heterocycles. The molecule has 3 unspecified atom stereocenters. The molecule has 3 atom stereocenters. The van der Waals surface area contributed by atoms with E-state index in [1.807, 2.05) is 13.8 Å². The third kappa shape index (κ3) is 4.52. The highest BCUT2D eigenvalue weighted by Crippen LogP contribution is 2.28. The molecular formula is C13H27NO3S. The third-order valence-corrected chi connectivity index (χ3v) is 5.95. The quantitative estimate of drug-likeness (QED) is 0.831. The molecular weight excluding hydrogens is 250 g/mol. The highest BCUT2D eigenvalue weighted by molar-refractivity contribution is 7.91. The van der Waals surface area contributed by atoms with Gasteiger partial charge in [0.15, 0.2) is 9.84 Å². The van der Waals surface area contributed by atoms with Crippen molar-refractivity contribution in [2.75, 3.05) is 5.75 Å². The summed E-state index contributed by atoms with van der Waals surface area (Å²) in [5.41, 5.74) is 6.06. The Kier molecular flexibility index (Phi) is 5.62. The fraction of sp³-hybridized carbons (Fsp3) is 1.00. The molecule has 0 aromatic carbocycles. The van der Waals surface area contributed by atoms with Gasteiger partial charge in [-0.3, -0.25) is 0 Å². The van der Waals surface area contributed by atoms with E-state index in [0.717, 1.165) is 19.3 Å². The maximum absolute atomic E-state index is 12.0. The lowest BCUT2D eigenvalue weighted by molar-refractivity contribution is -0.0251. The molecule has 1 fully saturated rings. The summed E-state index contributed by atoms with van der Waals surface area (Å²) in [6.45, 7) is 7.47. The van der Waals surface area contributed by atoms with Gasteiger partial charge in [-0.05, 0) is 52.9 Å². The van der Waals surface area contributed by atoms with Crippen LogP contribution in [-0.4, -0.2) is 37.7 Å². The number of nitrogens with two attached hydrogens (primary N) is 1. The van der Waals surface area contributed by atoms with Crippen LogP contribution in [0, 0.1) is 5.92 Å². The van der Waals surface area contributed by atoms with Crippen molar-refractivity contribution in [1.82, 2.24) is 0 Å². The van der Waals surface area contributed by atoms with Crippen LogP contribution in [0.5, 0.6) is 0 Å². The van der Waals surface area contributed by atoms with E-state index >= 15 is 0 Å². The molecule has 0 aromatic rings. The van der Waals surface area contributed by atoms with Crippen LogP contribution in [0.1, 0.15) is 47.0 Å². The second-order valence-electron chi connectivity index (χ2n) is 5.92. The lowest BCUT2D eigenvalue weighted by atomic mass is 9.84. The fourth-order valence-electron chi connectivity index (χ4n) is 2.44. The minimum atomic E-state index is -3.02. The maximum atomic E-state index is 12.0. The Balaban J connectivity index is 2.63. The van der Waals surface area contributed by atoms with Crippen LogP contribution in [-0.2, 0) is 14.6 Å². The Hall–Kier alpha value is -0.130. The first-order chi connectivity index (χ1) is 8.22.